The lowest BCUT2D eigenvalue weighted by Crippen LogP contribution is -2.59. The first-order chi connectivity index (χ1) is 11.4. The lowest BCUT2D eigenvalue weighted by Gasteiger charge is -2.31. The van der Waals surface area contributed by atoms with Crippen LogP contribution in [-0.4, -0.2) is 49.3 Å². The molecule has 4 nitrogen and oxygen atoms in total. The molecule has 0 rings (SSSR count). The molecule has 0 saturated carbocycles. The van der Waals surface area contributed by atoms with Crippen molar-refractivity contribution in [2.24, 2.45) is 5.41 Å². The van der Waals surface area contributed by atoms with Crippen LogP contribution in [0.15, 0.2) is 0 Å². The average molecular weight is 402 g/mol. The van der Waals surface area contributed by atoms with Crippen LogP contribution in [-0.2, 0) is 19.1 Å². The number of esters is 2. The molecule has 0 bridgehead atoms. The lowest BCUT2D eigenvalue weighted by atomic mass is 9.99. The smallest absolute Gasteiger partial charge is 0.381 e. The van der Waals surface area contributed by atoms with E-state index < -0.39 is 55.6 Å². The molecule has 12 heteroatoms. The fourth-order valence-corrected chi connectivity index (χ4v) is 1.29. The highest BCUT2D eigenvalue weighted by Crippen LogP contribution is 2.48. The van der Waals surface area contributed by atoms with E-state index in [-0.39, 0.29) is 12.0 Å². The van der Waals surface area contributed by atoms with Gasteiger partial charge in [0.15, 0.2) is 6.61 Å². The molecule has 0 radical (unpaired) electrons. The molecule has 0 aromatic carbocycles. The Kier molecular flexibility index (Phi) is 7.86. The third-order valence-electron chi connectivity index (χ3n) is 2.77. The second-order valence-corrected chi connectivity index (χ2v) is 6.58. The number of rotatable bonds is 9. The summed E-state index contributed by atoms with van der Waals surface area (Å²) in [6.07, 6.45) is -6.54. The molecular weight excluding hydrogens is 384 g/mol. The molecule has 0 heterocycles. The SMILES string of the molecule is CC(C)(C)COC(=O)CCC(=O)OCC(F)(F)C(F)(F)C(F)(F)C(F)F. The highest BCUT2D eigenvalue weighted by molar-refractivity contribution is 5.77. The summed E-state index contributed by atoms with van der Waals surface area (Å²) in [5.74, 6) is -21.0. The number of carbonyl (C=O) groups excluding carboxylic acids is 2. The minimum Gasteiger partial charge on any atom is -0.465 e. The third-order valence-corrected chi connectivity index (χ3v) is 2.77. The molecule has 0 aromatic heterocycles. The second-order valence-electron chi connectivity index (χ2n) is 6.58. The maximum atomic E-state index is 13.1. The molecule has 0 unspecified atom stereocenters. The van der Waals surface area contributed by atoms with Gasteiger partial charge in [-0.3, -0.25) is 9.59 Å². The Morgan fingerprint density at radius 1 is 0.808 bits per heavy atom. The van der Waals surface area contributed by atoms with Gasteiger partial charge in [-0.25, -0.2) is 8.78 Å². The fourth-order valence-electron chi connectivity index (χ4n) is 1.29. The highest BCUT2D eigenvalue weighted by Gasteiger charge is 2.75. The van der Waals surface area contributed by atoms with E-state index in [0.717, 1.165) is 0 Å². The van der Waals surface area contributed by atoms with Crippen LogP contribution in [0.4, 0.5) is 35.1 Å². The van der Waals surface area contributed by atoms with Gasteiger partial charge in [-0.15, -0.1) is 0 Å². The molecular formula is C14H18F8O4. The normalized spacial score (nSPS) is 13.7. The summed E-state index contributed by atoms with van der Waals surface area (Å²) in [6, 6.07) is 0. The molecule has 0 aromatic rings. The Hall–Kier alpha value is -1.62. The zero-order valence-electron chi connectivity index (χ0n) is 14.1. The van der Waals surface area contributed by atoms with E-state index in [9.17, 15) is 44.7 Å². The first kappa shape index (κ1) is 24.4. The molecule has 0 aliphatic carbocycles. The third kappa shape index (κ3) is 6.60. The number of halogens is 8. The van der Waals surface area contributed by atoms with Gasteiger partial charge < -0.3 is 9.47 Å². The number of hydrogen-bond acceptors (Lipinski definition) is 4. The fraction of sp³-hybridized carbons (Fsp3) is 0.857. The summed E-state index contributed by atoms with van der Waals surface area (Å²) >= 11 is 0. The summed E-state index contributed by atoms with van der Waals surface area (Å²) in [5, 5.41) is 0. The minimum atomic E-state index is -6.46. The van der Waals surface area contributed by atoms with Gasteiger partial charge in [0.05, 0.1) is 19.4 Å². The van der Waals surface area contributed by atoms with Crippen molar-refractivity contribution in [3.05, 3.63) is 0 Å². The van der Waals surface area contributed by atoms with E-state index in [0.29, 0.717) is 0 Å². The Bertz CT molecular complexity index is 500. The largest absolute Gasteiger partial charge is 0.465 e. The Morgan fingerprint density at radius 2 is 1.19 bits per heavy atom. The molecule has 0 amide bonds. The van der Waals surface area contributed by atoms with Crippen LogP contribution in [0.2, 0.25) is 0 Å². The van der Waals surface area contributed by atoms with Crippen molar-refractivity contribution in [2.75, 3.05) is 13.2 Å². The topological polar surface area (TPSA) is 52.6 Å². The van der Waals surface area contributed by atoms with Crippen molar-refractivity contribution < 1.29 is 54.2 Å². The summed E-state index contributed by atoms with van der Waals surface area (Å²) in [4.78, 5) is 22.4. The summed E-state index contributed by atoms with van der Waals surface area (Å²) in [5.41, 5.74) is -0.389. The minimum absolute atomic E-state index is 0.0200. The van der Waals surface area contributed by atoms with Gasteiger partial charge in [0.25, 0.3) is 0 Å². The monoisotopic (exact) mass is 402 g/mol. The number of hydrogen-bond donors (Lipinski definition) is 0. The second kappa shape index (κ2) is 8.38. The van der Waals surface area contributed by atoms with E-state index in [4.69, 9.17) is 4.74 Å². The molecule has 0 N–H and O–H groups in total. The highest BCUT2D eigenvalue weighted by atomic mass is 19.4. The molecule has 0 atom stereocenters. The van der Waals surface area contributed by atoms with Crippen molar-refractivity contribution in [2.45, 2.75) is 57.8 Å². The van der Waals surface area contributed by atoms with E-state index in [1.165, 1.54) is 0 Å². The van der Waals surface area contributed by atoms with E-state index in [1.807, 2.05) is 0 Å². The molecule has 0 fully saturated rings. The first-order valence-corrected chi connectivity index (χ1v) is 7.17. The van der Waals surface area contributed by atoms with E-state index >= 15 is 0 Å². The summed E-state index contributed by atoms with van der Waals surface area (Å²) in [6.45, 7) is 2.61. The quantitative estimate of drug-likeness (QED) is 0.431. The maximum absolute atomic E-state index is 13.1. The van der Waals surface area contributed by atoms with Crippen molar-refractivity contribution in [1.29, 1.82) is 0 Å². The van der Waals surface area contributed by atoms with Gasteiger partial charge in [0.2, 0.25) is 0 Å². The summed E-state index contributed by atoms with van der Waals surface area (Å²) in [7, 11) is 0. The molecule has 0 aliphatic heterocycles. The predicted octanol–water partition coefficient (Wildman–Crippen LogP) is 4.07. The zero-order chi connectivity index (χ0) is 21.0. The van der Waals surface area contributed by atoms with Crippen molar-refractivity contribution in [1.82, 2.24) is 0 Å². The van der Waals surface area contributed by atoms with Crippen LogP contribution >= 0.6 is 0 Å². The van der Waals surface area contributed by atoms with Crippen LogP contribution < -0.4 is 0 Å². The molecule has 26 heavy (non-hydrogen) atoms. The average Bonchev–Trinajstić information content (AvgIpc) is 2.47. The number of alkyl halides is 8. The molecule has 0 saturated heterocycles. The van der Waals surface area contributed by atoms with Crippen LogP contribution in [0.25, 0.3) is 0 Å². The van der Waals surface area contributed by atoms with Crippen LogP contribution in [0.1, 0.15) is 33.6 Å². The molecule has 0 aliphatic rings. The van der Waals surface area contributed by atoms with Crippen molar-refractivity contribution in [3.63, 3.8) is 0 Å². The van der Waals surface area contributed by atoms with Gasteiger partial charge >= 0.3 is 36.1 Å². The van der Waals surface area contributed by atoms with Crippen LogP contribution in [0.3, 0.4) is 0 Å². The molecule has 154 valence electrons. The van der Waals surface area contributed by atoms with Gasteiger partial charge in [0, 0.05) is 0 Å². The van der Waals surface area contributed by atoms with E-state index in [2.05, 4.69) is 4.74 Å². The van der Waals surface area contributed by atoms with Crippen LogP contribution in [0, 0.1) is 5.41 Å². The summed E-state index contributed by atoms with van der Waals surface area (Å²) < 4.78 is 110. The Balaban J connectivity index is 4.59. The zero-order valence-corrected chi connectivity index (χ0v) is 14.1. The van der Waals surface area contributed by atoms with Gasteiger partial charge in [-0.05, 0) is 5.41 Å². The maximum Gasteiger partial charge on any atom is 0.381 e. The van der Waals surface area contributed by atoms with Crippen molar-refractivity contribution >= 4 is 11.9 Å². The first-order valence-electron chi connectivity index (χ1n) is 7.17. The number of carbonyl (C=O) groups is 2. The van der Waals surface area contributed by atoms with Gasteiger partial charge in [-0.2, -0.15) is 26.3 Å². The van der Waals surface area contributed by atoms with Gasteiger partial charge in [0.1, 0.15) is 0 Å². The van der Waals surface area contributed by atoms with Crippen LogP contribution in [0.5, 0.6) is 0 Å². The number of ether oxygens (including phenoxy) is 2. The Labute approximate surface area is 143 Å². The standard InChI is InChI=1S/C14H18F8O4/c1-11(2,3)6-25-8(23)4-5-9(24)26-7-12(17,18)14(21,22)13(19,20)10(15)16/h10H,4-7H2,1-3H3. The van der Waals surface area contributed by atoms with Gasteiger partial charge in [-0.1, -0.05) is 20.8 Å². The molecule has 0 spiro atoms. The van der Waals surface area contributed by atoms with Crippen molar-refractivity contribution in [3.8, 4) is 0 Å². The Morgan fingerprint density at radius 3 is 1.54 bits per heavy atom. The van der Waals surface area contributed by atoms with E-state index in [1.54, 1.807) is 20.8 Å². The predicted molar refractivity (Wildman–Crippen MR) is 71.5 cm³/mol. The lowest BCUT2D eigenvalue weighted by molar-refractivity contribution is -0.344.